The van der Waals surface area contributed by atoms with Gasteiger partial charge < -0.3 is 10.6 Å². The number of carbonyl (C=O) groups excluding carboxylic acids is 1. The largest absolute Gasteiger partial charge is 0.366 e. The maximum Gasteiger partial charge on any atom is 0.248 e. The molecule has 0 aromatic heterocycles. The number of primary amides is 1. The Bertz CT molecular complexity index is 781. The predicted octanol–water partition coefficient (Wildman–Crippen LogP) is 3.86. The lowest BCUT2D eigenvalue weighted by Crippen LogP contribution is -2.28. The van der Waals surface area contributed by atoms with E-state index in [2.05, 4.69) is 47.4 Å². The molecule has 1 amide bonds. The SMILES string of the molecule is NC(=O)c1cccc(C2=CC3CC(CC2)CN3c2ccccc2)c1. The summed E-state index contributed by atoms with van der Waals surface area (Å²) < 4.78 is 0. The number of amides is 1. The molecular weight excluding hydrogens is 296 g/mol. The molecule has 2 N–H and O–H groups in total. The summed E-state index contributed by atoms with van der Waals surface area (Å²) in [4.78, 5) is 14.0. The van der Waals surface area contributed by atoms with Crippen LogP contribution in [0.15, 0.2) is 60.7 Å². The number of hydrogen-bond acceptors (Lipinski definition) is 2. The van der Waals surface area contributed by atoms with Crippen LogP contribution in [0.5, 0.6) is 0 Å². The van der Waals surface area contributed by atoms with Gasteiger partial charge in [0.25, 0.3) is 0 Å². The maximum atomic E-state index is 11.5. The van der Waals surface area contributed by atoms with Gasteiger partial charge >= 0.3 is 0 Å². The average Bonchev–Trinajstić information content (AvgIpc) is 2.88. The summed E-state index contributed by atoms with van der Waals surface area (Å²) >= 11 is 0. The van der Waals surface area contributed by atoms with Gasteiger partial charge in [0.15, 0.2) is 0 Å². The van der Waals surface area contributed by atoms with E-state index in [0.717, 1.165) is 24.4 Å². The van der Waals surface area contributed by atoms with E-state index in [-0.39, 0.29) is 5.91 Å². The summed E-state index contributed by atoms with van der Waals surface area (Å²) in [7, 11) is 0. The molecule has 1 saturated heterocycles. The van der Waals surface area contributed by atoms with Crippen LogP contribution in [0.4, 0.5) is 5.69 Å². The standard InChI is InChI=1S/C21H22N2O/c22-21(24)18-6-4-5-16(12-18)17-10-9-15-11-20(13-17)23(14-15)19-7-2-1-3-8-19/h1-8,12-13,15,20H,9-11,14H2,(H2,22,24). The van der Waals surface area contributed by atoms with Crippen LogP contribution in [0, 0.1) is 5.92 Å². The zero-order valence-corrected chi connectivity index (χ0v) is 13.7. The summed E-state index contributed by atoms with van der Waals surface area (Å²) in [5, 5.41) is 0. The van der Waals surface area contributed by atoms with Crippen LogP contribution in [-0.2, 0) is 0 Å². The Hall–Kier alpha value is -2.55. The first-order valence-electron chi connectivity index (χ1n) is 8.63. The van der Waals surface area contributed by atoms with Gasteiger partial charge in [-0.15, -0.1) is 0 Å². The van der Waals surface area contributed by atoms with Gasteiger partial charge in [0.1, 0.15) is 0 Å². The third kappa shape index (κ3) is 2.82. The number of fused-ring (bicyclic) bond motifs is 2. The molecule has 2 aromatic carbocycles. The van der Waals surface area contributed by atoms with Crippen molar-refractivity contribution in [3.05, 3.63) is 71.8 Å². The minimum absolute atomic E-state index is 0.362. The number of hydrogen-bond donors (Lipinski definition) is 1. The van der Waals surface area contributed by atoms with E-state index in [4.69, 9.17) is 5.73 Å². The van der Waals surface area contributed by atoms with Crippen LogP contribution >= 0.6 is 0 Å². The van der Waals surface area contributed by atoms with E-state index < -0.39 is 0 Å². The molecule has 1 heterocycles. The highest BCUT2D eigenvalue weighted by Crippen LogP contribution is 2.38. The summed E-state index contributed by atoms with van der Waals surface area (Å²) in [6.07, 6.45) is 5.90. The zero-order valence-electron chi connectivity index (χ0n) is 13.7. The summed E-state index contributed by atoms with van der Waals surface area (Å²) in [5.41, 5.74) is 9.79. The number of allylic oxidation sites excluding steroid dienone is 1. The normalized spacial score (nSPS) is 22.8. The molecule has 1 aliphatic carbocycles. The highest BCUT2D eigenvalue weighted by atomic mass is 16.1. The Morgan fingerprint density at radius 3 is 2.71 bits per heavy atom. The van der Waals surface area contributed by atoms with Crippen molar-refractivity contribution in [3.8, 4) is 0 Å². The Morgan fingerprint density at radius 2 is 1.92 bits per heavy atom. The number of benzene rings is 2. The second-order valence-electron chi connectivity index (χ2n) is 6.83. The molecular formula is C21H22N2O. The molecule has 1 fully saturated rings. The van der Waals surface area contributed by atoms with Gasteiger partial charge in [-0.1, -0.05) is 36.4 Å². The van der Waals surface area contributed by atoms with E-state index in [1.165, 1.54) is 24.1 Å². The van der Waals surface area contributed by atoms with Crippen molar-refractivity contribution in [2.24, 2.45) is 11.7 Å². The van der Waals surface area contributed by atoms with Crippen molar-refractivity contribution in [2.75, 3.05) is 11.4 Å². The number of nitrogens with zero attached hydrogens (tertiary/aromatic N) is 1. The molecule has 122 valence electrons. The van der Waals surface area contributed by atoms with Crippen molar-refractivity contribution in [3.63, 3.8) is 0 Å². The minimum Gasteiger partial charge on any atom is -0.366 e. The van der Waals surface area contributed by atoms with E-state index >= 15 is 0 Å². The first kappa shape index (κ1) is 15.0. The summed E-state index contributed by atoms with van der Waals surface area (Å²) in [6, 6.07) is 18.8. The van der Waals surface area contributed by atoms with Crippen molar-refractivity contribution in [2.45, 2.75) is 25.3 Å². The number of nitrogens with two attached hydrogens (primary N) is 1. The second-order valence-corrected chi connectivity index (χ2v) is 6.83. The van der Waals surface area contributed by atoms with E-state index in [9.17, 15) is 4.79 Å². The fourth-order valence-electron chi connectivity index (χ4n) is 4.03. The Balaban J connectivity index is 1.67. The number of carbonyl (C=O) groups is 1. The minimum atomic E-state index is -0.362. The molecule has 2 aliphatic rings. The Morgan fingerprint density at radius 1 is 1.08 bits per heavy atom. The molecule has 2 bridgehead atoms. The monoisotopic (exact) mass is 318 g/mol. The average molecular weight is 318 g/mol. The molecule has 4 rings (SSSR count). The van der Waals surface area contributed by atoms with Gasteiger partial charge in [0, 0.05) is 23.8 Å². The number of rotatable bonds is 3. The number of para-hydroxylation sites is 1. The molecule has 3 nitrogen and oxygen atoms in total. The van der Waals surface area contributed by atoms with Crippen LogP contribution in [0.2, 0.25) is 0 Å². The molecule has 1 aliphatic heterocycles. The molecule has 2 unspecified atom stereocenters. The van der Waals surface area contributed by atoms with Gasteiger partial charge in [0.2, 0.25) is 5.91 Å². The van der Waals surface area contributed by atoms with Crippen LogP contribution < -0.4 is 10.6 Å². The molecule has 0 saturated carbocycles. The lowest BCUT2D eigenvalue weighted by atomic mass is 9.96. The van der Waals surface area contributed by atoms with Crippen LogP contribution in [0.25, 0.3) is 5.57 Å². The smallest absolute Gasteiger partial charge is 0.248 e. The first-order valence-corrected chi connectivity index (χ1v) is 8.63. The molecule has 0 radical (unpaired) electrons. The van der Waals surface area contributed by atoms with E-state index in [1.54, 1.807) is 6.07 Å². The van der Waals surface area contributed by atoms with Crippen molar-refractivity contribution < 1.29 is 4.79 Å². The topological polar surface area (TPSA) is 46.3 Å². The first-order chi connectivity index (χ1) is 11.7. The van der Waals surface area contributed by atoms with Crippen molar-refractivity contribution in [1.82, 2.24) is 0 Å². The molecule has 2 aromatic rings. The highest BCUT2D eigenvalue weighted by Gasteiger charge is 2.33. The lowest BCUT2D eigenvalue weighted by molar-refractivity contribution is 0.100. The quantitative estimate of drug-likeness (QED) is 0.934. The third-order valence-electron chi connectivity index (χ3n) is 5.25. The van der Waals surface area contributed by atoms with E-state index in [0.29, 0.717) is 11.6 Å². The fourth-order valence-corrected chi connectivity index (χ4v) is 4.03. The second kappa shape index (κ2) is 6.16. The fraction of sp³-hybridized carbons (Fsp3) is 0.286. The van der Waals surface area contributed by atoms with Crippen LogP contribution in [0.1, 0.15) is 35.2 Å². The zero-order chi connectivity index (χ0) is 16.5. The van der Waals surface area contributed by atoms with Gasteiger partial charge in [-0.3, -0.25) is 4.79 Å². The van der Waals surface area contributed by atoms with Crippen LogP contribution in [-0.4, -0.2) is 18.5 Å². The predicted molar refractivity (Wildman–Crippen MR) is 97.9 cm³/mol. The molecule has 2 atom stereocenters. The van der Waals surface area contributed by atoms with Gasteiger partial charge in [0.05, 0.1) is 0 Å². The maximum absolute atomic E-state index is 11.5. The Labute approximate surface area is 142 Å². The van der Waals surface area contributed by atoms with Crippen molar-refractivity contribution >= 4 is 17.2 Å². The van der Waals surface area contributed by atoms with E-state index in [1.807, 2.05) is 12.1 Å². The van der Waals surface area contributed by atoms with Crippen LogP contribution in [0.3, 0.4) is 0 Å². The summed E-state index contributed by atoms with van der Waals surface area (Å²) in [6.45, 7) is 1.14. The highest BCUT2D eigenvalue weighted by molar-refractivity contribution is 5.93. The lowest BCUT2D eigenvalue weighted by Gasteiger charge is -2.27. The Kier molecular flexibility index (Phi) is 3.85. The third-order valence-corrected chi connectivity index (χ3v) is 5.25. The van der Waals surface area contributed by atoms with Gasteiger partial charge in [-0.25, -0.2) is 0 Å². The summed E-state index contributed by atoms with van der Waals surface area (Å²) in [5.74, 6) is 0.377. The van der Waals surface area contributed by atoms with Gasteiger partial charge in [-0.05, 0) is 60.6 Å². The molecule has 3 heteroatoms. The molecule has 0 spiro atoms. The number of anilines is 1. The molecule has 24 heavy (non-hydrogen) atoms. The van der Waals surface area contributed by atoms with Gasteiger partial charge in [-0.2, -0.15) is 0 Å². The van der Waals surface area contributed by atoms with Crippen molar-refractivity contribution in [1.29, 1.82) is 0 Å².